The molecule has 0 radical (unpaired) electrons. The molecular weight excluding hydrogens is 210 g/mol. The summed E-state index contributed by atoms with van der Waals surface area (Å²) in [6, 6.07) is 8.14. The Kier molecular flexibility index (Phi) is 6.06. The van der Waals surface area contributed by atoms with Crippen LogP contribution in [0.3, 0.4) is 0 Å². The van der Waals surface area contributed by atoms with E-state index in [4.69, 9.17) is 0 Å². The molecule has 96 valence electrons. The maximum absolute atomic E-state index is 9.26. The second kappa shape index (κ2) is 7.33. The van der Waals surface area contributed by atoms with Gasteiger partial charge in [0.05, 0.1) is 0 Å². The lowest BCUT2D eigenvalue weighted by molar-refractivity contribution is 0.418. The highest BCUT2D eigenvalue weighted by Crippen LogP contribution is 2.16. The van der Waals surface area contributed by atoms with Crippen LogP contribution in [0, 0.1) is 5.92 Å². The Morgan fingerprint density at radius 3 is 2.35 bits per heavy atom. The summed E-state index contributed by atoms with van der Waals surface area (Å²) < 4.78 is 0. The fourth-order valence-corrected chi connectivity index (χ4v) is 2.05. The minimum absolute atomic E-state index is 0.348. The maximum atomic E-state index is 9.26. The molecule has 0 fully saturated rings. The standard InChI is InChI=1S/C15H25NO/c1-4-5-14(11-16-12(2)3)10-13-6-8-15(17)9-7-13/h6-9,12,14,16-17H,4-5,10-11H2,1-3H3. The molecule has 0 aromatic heterocycles. The largest absolute Gasteiger partial charge is 0.508 e. The Labute approximate surface area is 105 Å². The van der Waals surface area contributed by atoms with Crippen molar-refractivity contribution in [2.24, 2.45) is 5.92 Å². The summed E-state index contributed by atoms with van der Waals surface area (Å²) in [6.45, 7) is 7.68. The second-order valence-corrected chi connectivity index (χ2v) is 5.09. The molecule has 0 saturated heterocycles. The summed E-state index contributed by atoms with van der Waals surface area (Å²) >= 11 is 0. The minimum atomic E-state index is 0.348. The van der Waals surface area contributed by atoms with Crippen LogP contribution in [0.1, 0.15) is 39.2 Å². The van der Waals surface area contributed by atoms with Gasteiger partial charge in [0, 0.05) is 6.04 Å². The van der Waals surface area contributed by atoms with Crippen molar-refractivity contribution in [3.8, 4) is 5.75 Å². The van der Waals surface area contributed by atoms with Crippen LogP contribution in [0.2, 0.25) is 0 Å². The zero-order chi connectivity index (χ0) is 12.7. The van der Waals surface area contributed by atoms with Gasteiger partial charge in [0.2, 0.25) is 0 Å². The molecule has 0 saturated carbocycles. The predicted molar refractivity (Wildman–Crippen MR) is 73.3 cm³/mol. The van der Waals surface area contributed by atoms with Gasteiger partial charge in [-0.05, 0) is 43.0 Å². The molecule has 17 heavy (non-hydrogen) atoms. The van der Waals surface area contributed by atoms with Crippen molar-refractivity contribution < 1.29 is 5.11 Å². The van der Waals surface area contributed by atoms with Crippen LogP contribution in [0.25, 0.3) is 0 Å². The van der Waals surface area contributed by atoms with E-state index in [9.17, 15) is 5.11 Å². The van der Waals surface area contributed by atoms with E-state index in [-0.39, 0.29) is 0 Å². The highest BCUT2D eigenvalue weighted by molar-refractivity contribution is 5.26. The molecule has 1 atom stereocenters. The smallest absolute Gasteiger partial charge is 0.115 e. The lowest BCUT2D eigenvalue weighted by atomic mass is 9.94. The predicted octanol–water partition coefficient (Wildman–Crippen LogP) is 3.35. The molecule has 0 heterocycles. The van der Waals surface area contributed by atoms with E-state index in [0.29, 0.717) is 17.7 Å². The highest BCUT2D eigenvalue weighted by atomic mass is 16.3. The fraction of sp³-hybridized carbons (Fsp3) is 0.600. The van der Waals surface area contributed by atoms with Crippen molar-refractivity contribution in [2.75, 3.05) is 6.54 Å². The third-order valence-electron chi connectivity index (χ3n) is 2.97. The van der Waals surface area contributed by atoms with Gasteiger partial charge >= 0.3 is 0 Å². The fourth-order valence-electron chi connectivity index (χ4n) is 2.05. The number of phenolic OH excluding ortho intramolecular Hbond substituents is 1. The zero-order valence-electron chi connectivity index (χ0n) is 11.2. The first-order valence-electron chi connectivity index (χ1n) is 6.63. The summed E-state index contributed by atoms with van der Waals surface area (Å²) in [5.74, 6) is 1.04. The third-order valence-corrected chi connectivity index (χ3v) is 2.97. The van der Waals surface area contributed by atoms with Crippen molar-refractivity contribution in [2.45, 2.75) is 46.1 Å². The van der Waals surface area contributed by atoms with E-state index in [1.807, 2.05) is 12.1 Å². The molecule has 0 aliphatic carbocycles. The summed E-state index contributed by atoms with van der Waals surface area (Å²) in [7, 11) is 0. The Hall–Kier alpha value is -1.02. The number of hydrogen-bond acceptors (Lipinski definition) is 2. The van der Waals surface area contributed by atoms with E-state index in [0.717, 1.165) is 13.0 Å². The Morgan fingerprint density at radius 2 is 1.82 bits per heavy atom. The van der Waals surface area contributed by atoms with Gasteiger partial charge in [0.25, 0.3) is 0 Å². The van der Waals surface area contributed by atoms with Gasteiger partial charge in [-0.25, -0.2) is 0 Å². The van der Waals surface area contributed by atoms with Crippen molar-refractivity contribution in [3.63, 3.8) is 0 Å². The molecule has 2 nitrogen and oxygen atoms in total. The Morgan fingerprint density at radius 1 is 1.18 bits per heavy atom. The quantitative estimate of drug-likeness (QED) is 0.759. The highest BCUT2D eigenvalue weighted by Gasteiger charge is 2.09. The van der Waals surface area contributed by atoms with Crippen LogP contribution in [-0.2, 0) is 6.42 Å². The number of nitrogens with one attached hydrogen (secondary N) is 1. The van der Waals surface area contributed by atoms with E-state index >= 15 is 0 Å². The van der Waals surface area contributed by atoms with Crippen molar-refractivity contribution in [1.29, 1.82) is 0 Å². The molecule has 0 bridgehead atoms. The number of rotatable bonds is 7. The summed E-state index contributed by atoms with van der Waals surface area (Å²) in [5, 5.41) is 12.8. The number of aromatic hydroxyl groups is 1. The van der Waals surface area contributed by atoms with Gasteiger partial charge in [-0.3, -0.25) is 0 Å². The molecule has 1 unspecified atom stereocenters. The van der Waals surface area contributed by atoms with Crippen molar-refractivity contribution >= 4 is 0 Å². The monoisotopic (exact) mass is 235 g/mol. The summed E-state index contributed by atoms with van der Waals surface area (Å²) in [6.07, 6.45) is 3.57. The van der Waals surface area contributed by atoms with Gasteiger partial charge in [0.1, 0.15) is 5.75 Å². The molecule has 1 rings (SSSR count). The third kappa shape index (κ3) is 5.73. The molecule has 2 N–H and O–H groups in total. The van der Waals surface area contributed by atoms with Gasteiger partial charge in [0.15, 0.2) is 0 Å². The van der Waals surface area contributed by atoms with Gasteiger partial charge in [-0.2, -0.15) is 0 Å². The van der Waals surface area contributed by atoms with Crippen LogP contribution >= 0.6 is 0 Å². The van der Waals surface area contributed by atoms with E-state index in [1.54, 1.807) is 12.1 Å². The first-order chi connectivity index (χ1) is 8.11. The van der Waals surface area contributed by atoms with Crippen molar-refractivity contribution in [1.82, 2.24) is 5.32 Å². The van der Waals surface area contributed by atoms with Crippen LogP contribution in [0.15, 0.2) is 24.3 Å². The minimum Gasteiger partial charge on any atom is -0.508 e. The SMILES string of the molecule is CCCC(CNC(C)C)Cc1ccc(O)cc1. The average Bonchev–Trinajstić information content (AvgIpc) is 2.29. The van der Waals surface area contributed by atoms with E-state index < -0.39 is 0 Å². The summed E-state index contributed by atoms with van der Waals surface area (Å²) in [5.41, 5.74) is 1.31. The first-order valence-corrected chi connectivity index (χ1v) is 6.63. The van der Waals surface area contributed by atoms with Crippen LogP contribution in [0.5, 0.6) is 5.75 Å². The molecule has 0 aliphatic rings. The molecule has 2 heteroatoms. The Balaban J connectivity index is 2.50. The average molecular weight is 235 g/mol. The van der Waals surface area contributed by atoms with E-state index in [2.05, 4.69) is 26.1 Å². The topological polar surface area (TPSA) is 32.3 Å². The maximum Gasteiger partial charge on any atom is 0.115 e. The second-order valence-electron chi connectivity index (χ2n) is 5.09. The molecule has 0 aliphatic heterocycles. The van der Waals surface area contributed by atoms with E-state index in [1.165, 1.54) is 18.4 Å². The number of phenols is 1. The van der Waals surface area contributed by atoms with Crippen molar-refractivity contribution in [3.05, 3.63) is 29.8 Å². The van der Waals surface area contributed by atoms with Gasteiger partial charge in [-0.15, -0.1) is 0 Å². The summed E-state index contributed by atoms with van der Waals surface area (Å²) in [4.78, 5) is 0. The van der Waals surface area contributed by atoms with Crippen LogP contribution < -0.4 is 5.32 Å². The molecular formula is C15H25NO. The van der Waals surface area contributed by atoms with Gasteiger partial charge in [-0.1, -0.05) is 39.3 Å². The lowest BCUT2D eigenvalue weighted by Gasteiger charge is -2.18. The Bertz CT molecular complexity index is 305. The molecule has 0 amide bonds. The zero-order valence-corrected chi connectivity index (χ0v) is 11.2. The molecule has 0 spiro atoms. The number of hydrogen-bond donors (Lipinski definition) is 2. The van der Waals surface area contributed by atoms with Crippen LogP contribution in [-0.4, -0.2) is 17.7 Å². The molecule has 1 aromatic carbocycles. The number of benzene rings is 1. The van der Waals surface area contributed by atoms with Gasteiger partial charge < -0.3 is 10.4 Å². The molecule has 1 aromatic rings. The lowest BCUT2D eigenvalue weighted by Crippen LogP contribution is -2.29. The first kappa shape index (κ1) is 14.0. The van der Waals surface area contributed by atoms with Crippen LogP contribution in [0.4, 0.5) is 0 Å². The normalized spacial score (nSPS) is 12.9.